The molecular weight excluding hydrogens is 458 g/mol. The van der Waals surface area contributed by atoms with Gasteiger partial charge in [-0.25, -0.2) is 0 Å². The number of rotatable bonds is 5. The van der Waals surface area contributed by atoms with Crippen molar-refractivity contribution >= 4 is 52.0 Å². The van der Waals surface area contributed by atoms with Crippen LogP contribution < -0.4 is 10.2 Å². The van der Waals surface area contributed by atoms with Crippen molar-refractivity contribution in [3.63, 3.8) is 0 Å². The van der Waals surface area contributed by atoms with Gasteiger partial charge in [0.05, 0.1) is 20.5 Å². The molecule has 3 heterocycles. The van der Waals surface area contributed by atoms with Gasteiger partial charge in [-0.15, -0.1) is 11.3 Å². The van der Waals surface area contributed by atoms with Crippen LogP contribution in [0.15, 0.2) is 54.6 Å². The van der Waals surface area contributed by atoms with Gasteiger partial charge in [0.1, 0.15) is 0 Å². The molecule has 168 valence electrons. The zero-order chi connectivity index (χ0) is 22.9. The Morgan fingerprint density at radius 3 is 2.70 bits per heavy atom. The van der Waals surface area contributed by atoms with Crippen molar-refractivity contribution in [2.24, 2.45) is 0 Å². The van der Waals surface area contributed by atoms with E-state index in [0.29, 0.717) is 40.0 Å². The van der Waals surface area contributed by atoms with Gasteiger partial charge in [0.2, 0.25) is 5.91 Å². The lowest BCUT2D eigenvalue weighted by atomic mass is 10.1. The highest BCUT2D eigenvalue weighted by molar-refractivity contribution is 7.18. The third kappa shape index (κ3) is 4.38. The number of fused-ring (bicyclic) bond motifs is 1. The highest BCUT2D eigenvalue weighted by atomic mass is 35.5. The number of thiophene rings is 1. The minimum Gasteiger partial charge on any atom is -0.330 e. The molecule has 3 aromatic rings. The third-order valence-electron chi connectivity index (χ3n) is 5.98. The molecule has 1 fully saturated rings. The second-order valence-electron chi connectivity index (χ2n) is 8.23. The second-order valence-corrected chi connectivity index (χ2v) is 9.95. The fourth-order valence-corrected chi connectivity index (χ4v) is 5.33. The maximum atomic E-state index is 13.3. The third-order valence-corrected chi connectivity index (χ3v) is 7.21. The Hall–Kier alpha value is -3.16. The van der Waals surface area contributed by atoms with E-state index in [0.717, 1.165) is 36.2 Å². The van der Waals surface area contributed by atoms with E-state index in [9.17, 15) is 14.4 Å². The molecule has 33 heavy (non-hydrogen) atoms. The van der Waals surface area contributed by atoms with Crippen LogP contribution in [0.2, 0.25) is 4.34 Å². The Balaban J connectivity index is 1.34. The molecule has 8 heteroatoms. The summed E-state index contributed by atoms with van der Waals surface area (Å²) in [6.45, 7) is 1.63. The fourth-order valence-electron chi connectivity index (χ4n) is 4.39. The van der Waals surface area contributed by atoms with Gasteiger partial charge in [-0.1, -0.05) is 35.9 Å². The van der Waals surface area contributed by atoms with Crippen LogP contribution in [0.1, 0.15) is 50.4 Å². The van der Waals surface area contributed by atoms with Gasteiger partial charge >= 0.3 is 0 Å². The van der Waals surface area contributed by atoms with Crippen LogP contribution in [0.4, 0.5) is 11.4 Å². The molecule has 3 amide bonds. The van der Waals surface area contributed by atoms with E-state index in [1.54, 1.807) is 23.1 Å². The quantitative estimate of drug-likeness (QED) is 0.538. The van der Waals surface area contributed by atoms with E-state index in [2.05, 4.69) is 5.32 Å². The number of carbonyl (C=O) groups is 3. The largest absolute Gasteiger partial charge is 0.330 e. The van der Waals surface area contributed by atoms with Crippen LogP contribution in [0, 0.1) is 0 Å². The summed E-state index contributed by atoms with van der Waals surface area (Å²) >= 11 is 7.14. The van der Waals surface area contributed by atoms with Crippen molar-refractivity contribution in [2.75, 3.05) is 16.8 Å². The number of halogens is 1. The fraction of sp³-hybridized carbons (Fsp3) is 0.240. The summed E-state index contributed by atoms with van der Waals surface area (Å²) in [6, 6.07) is 16.7. The molecule has 0 radical (unpaired) electrons. The molecule has 2 aliphatic heterocycles. The number of benzene rings is 2. The number of piperidine rings is 1. The summed E-state index contributed by atoms with van der Waals surface area (Å²) in [5, 5.41) is 2.86. The first-order chi connectivity index (χ1) is 16.0. The van der Waals surface area contributed by atoms with Crippen molar-refractivity contribution in [3.05, 3.63) is 80.5 Å². The van der Waals surface area contributed by atoms with Crippen molar-refractivity contribution in [3.8, 4) is 0 Å². The predicted octanol–water partition coefficient (Wildman–Crippen LogP) is 5.33. The summed E-state index contributed by atoms with van der Waals surface area (Å²) in [5.74, 6) is -0.259. The first-order valence-electron chi connectivity index (χ1n) is 10.9. The molecule has 1 N–H and O–H groups in total. The van der Waals surface area contributed by atoms with Gasteiger partial charge in [0.15, 0.2) is 0 Å². The number of nitrogens with one attached hydrogen (secondary N) is 1. The van der Waals surface area contributed by atoms with Gasteiger partial charge in [-0.3, -0.25) is 14.4 Å². The number of hydrogen-bond donors (Lipinski definition) is 1. The first-order valence-corrected chi connectivity index (χ1v) is 12.1. The van der Waals surface area contributed by atoms with Crippen LogP contribution >= 0.6 is 22.9 Å². The van der Waals surface area contributed by atoms with Crippen LogP contribution in [0.3, 0.4) is 0 Å². The molecule has 0 saturated carbocycles. The highest BCUT2D eigenvalue weighted by Gasteiger charge is 2.31. The molecule has 2 aliphatic rings. The minimum absolute atomic E-state index is 0.121. The summed E-state index contributed by atoms with van der Waals surface area (Å²) in [7, 11) is 0. The molecule has 0 aliphatic carbocycles. The summed E-state index contributed by atoms with van der Waals surface area (Å²) in [4.78, 5) is 42.3. The van der Waals surface area contributed by atoms with E-state index in [1.165, 1.54) is 11.3 Å². The zero-order valence-corrected chi connectivity index (χ0v) is 19.4. The molecule has 0 spiro atoms. The molecule has 6 nitrogen and oxygen atoms in total. The van der Waals surface area contributed by atoms with E-state index >= 15 is 0 Å². The second kappa shape index (κ2) is 9.00. The van der Waals surface area contributed by atoms with E-state index in [-0.39, 0.29) is 17.7 Å². The molecule has 0 unspecified atom stereocenters. The van der Waals surface area contributed by atoms with Gasteiger partial charge in [0.25, 0.3) is 11.8 Å². The molecule has 5 rings (SSSR count). The summed E-state index contributed by atoms with van der Waals surface area (Å²) in [6.07, 6.45) is 2.52. The number of amides is 3. The van der Waals surface area contributed by atoms with Crippen LogP contribution in [-0.4, -0.2) is 29.2 Å². The first kappa shape index (κ1) is 21.7. The Morgan fingerprint density at radius 2 is 1.91 bits per heavy atom. The molecule has 2 aromatic carbocycles. The van der Waals surface area contributed by atoms with E-state index < -0.39 is 0 Å². The Labute approximate surface area is 200 Å². The van der Waals surface area contributed by atoms with Gasteiger partial charge in [-0.05, 0) is 54.3 Å². The lowest BCUT2D eigenvalue weighted by molar-refractivity contribution is -0.119. The van der Waals surface area contributed by atoms with Crippen molar-refractivity contribution < 1.29 is 14.4 Å². The molecule has 0 bridgehead atoms. The Bertz CT molecular complexity index is 1260. The molecule has 0 atom stereocenters. The Morgan fingerprint density at radius 1 is 1.06 bits per heavy atom. The smallest absolute Gasteiger partial charge is 0.265 e. The lowest BCUT2D eigenvalue weighted by Gasteiger charge is -2.27. The number of anilines is 2. The highest BCUT2D eigenvalue weighted by Crippen LogP contribution is 2.32. The minimum atomic E-state index is -0.287. The maximum absolute atomic E-state index is 13.3. The number of hydrogen-bond acceptors (Lipinski definition) is 4. The Kier molecular flexibility index (Phi) is 5.91. The predicted molar refractivity (Wildman–Crippen MR) is 130 cm³/mol. The van der Waals surface area contributed by atoms with Crippen LogP contribution in [0.5, 0.6) is 0 Å². The SMILES string of the molecule is O=C(Nc1cccc2c1C(=O)N(Cc1cccc(N3CCCCC3=O)c1)C2)c1ccc(Cl)s1. The average molecular weight is 480 g/mol. The van der Waals surface area contributed by atoms with Gasteiger partial charge in [-0.2, -0.15) is 0 Å². The average Bonchev–Trinajstić information content (AvgIpc) is 3.38. The van der Waals surface area contributed by atoms with Crippen LogP contribution in [0.25, 0.3) is 0 Å². The molecule has 1 saturated heterocycles. The molecule has 1 aromatic heterocycles. The van der Waals surface area contributed by atoms with Crippen molar-refractivity contribution in [1.82, 2.24) is 4.90 Å². The topological polar surface area (TPSA) is 69.7 Å². The maximum Gasteiger partial charge on any atom is 0.265 e. The number of carbonyl (C=O) groups excluding carboxylic acids is 3. The van der Waals surface area contributed by atoms with E-state index in [1.807, 2.05) is 41.3 Å². The van der Waals surface area contributed by atoms with Crippen molar-refractivity contribution in [2.45, 2.75) is 32.4 Å². The van der Waals surface area contributed by atoms with Crippen molar-refractivity contribution in [1.29, 1.82) is 0 Å². The monoisotopic (exact) mass is 479 g/mol. The van der Waals surface area contributed by atoms with Gasteiger partial charge in [0, 0.05) is 31.7 Å². The van der Waals surface area contributed by atoms with Crippen LogP contribution in [-0.2, 0) is 17.9 Å². The summed E-state index contributed by atoms with van der Waals surface area (Å²) < 4.78 is 0.536. The molecular formula is C25H22ClN3O3S. The normalized spacial score (nSPS) is 15.7. The standard InChI is InChI=1S/C25H22ClN3O3S/c26-21-11-10-20(33-21)24(31)27-19-8-4-6-17-15-28(25(32)23(17)19)14-16-5-3-7-18(13-16)29-12-2-1-9-22(29)30/h3-8,10-11,13H,1-2,9,12,14-15H2,(H,27,31). The van der Waals surface area contributed by atoms with Gasteiger partial charge < -0.3 is 15.1 Å². The zero-order valence-electron chi connectivity index (χ0n) is 17.8. The summed E-state index contributed by atoms with van der Waals surface area (Å²) in [5.41, 5.74) is 3.75. The van der Waals surface area contributed by atoms with E-state index in [4.69, 9.17) is 11.6 Å². The number of nitrogens with zero attached hydrogens (tertiary/aromatic N) is 2. The lowest BCUT2D eigenvalue weighted by Crippen LogP contribution is -2.35.